The lowest BCUT2D eigenvalue weighted by molar-refractivity contribution is -0.133. The SMILES string of the molecule is O=C(N[C@H](C=C1CCN(c2ccccc2CN2CCCCC2=O)CC1)Cc1ccc(Cl)cc1)c1cc(=O)c2cc(F)cc(F)c2o1. The third-order valence-corrected chi connectivity index (χ3v) is 8.87. The Hall–Kier alpha value is -4.50. The maximum atomic E-state index is 14.4. The largest absolute Gasteiger partial charge is 0.448 e. The van der Waals surface area contributed by atoms with Crippen molar-refractivity contribution in [3.8, 4) is 0 Å². The quantitative estimate of drug-likeness (QED) is 0.213. The summed E-state index contributed by atoms with van der Waals surface area (Å²) in [6, 6.07) is 17.5. The van der Waals surface area contributed by atoms with Gasteiger partial charge in [0.1, 0.15) is 5.82 Å². The van der Waals surface area contributed by atoms with E-state index in [0.717, 1.165) is 74.3 Å². The van der Waals surface area contributed by atoms with Crippen molar-refractivity contribution in [2.75, 3.05) is 24.5 Å². The Morgan fingerprint density at radius 3 is 2.48 bits per heavy atom. The molecule has 0 bridgehead atoms. The molecule has 0 unspecified atom stereocenters. The second-order valence-electron chi connectivity index (χ2n) is 11.9. The van der Waals surface area contributed by atoms with Gasteiger partial charge in [0, 0.05) is 55.4 Å². The number of carbonyl (C=O) groups is 2. The zero-order chi connectivity index (χ0) is 32.2. The molecule has 0 aliphatic carbocycles. The van der Waals surface area contributed by atoms with Crippen LogP contribution >= 0.6 is 11.6 Å². The third-order valence-electron chi connectivity index (χ3n) is 8.61. The summed E-state index contributed by atoms with van der Waals surface area (Å²) in [4.78, 5) is 42.7. The fourth-order valence-corrected chi connectivity index (χ4v) is 6.36. The van der Waals surface area contributed by atoms with Gasteiger partial charge in [-0.2, -0.15) is 0 Å². The Kier molecular flexibility index (Phi) is 9.49. The van der Waals surface area contributed by atoms with Crippen LogP contribution in [0.2, 0.25) is 5.02 Å². The van der Waals surface area contributed by atoms with E-state index >= 15 is 0 Å². The maximum Gasteiger partial charge on any atom is 0.287 e. The van der Waals surface area contributed by atoms with Crippen LogP contribution < -0.4 is 15.6 Å². The van der Waals surface area contributed by atoms with Crippen LogP contribution in [-0.2, 0) is 17.8 Å². The number of hydrogen-bond donors (Lipinski definition) is 1. The van der Waals surface area contributed by atoms with Gasteiger partial charge in [0.15, 0.2) is 22.6 Å². The van der Waals surface area contributed by atoms with Gasteiger partial charge in [-0.15, -0.1) is 0 Å². The number of amides is 2. The zero-order valence-electron chi connectivity index (χ0n) is 25.2. The lowest BCUT2D eigenvalue weighted by atomic mass is 9.97. The Morgan fingerprint density at radius 1 is 0.957 bits per heavy atom. The van der Waals surface area contributed by atoms with E-state index in [2.05, 4.69) is 22.3 Å². The Labute approximate surface area is 270 Å². The normalized spacial score (nSPS) is 16.1. The first-order chi connectivity index (χ1) is 22.2. The molecule has 3 aromatic carbocycles. The summed E-state index contributed by atoms with van der Waals surface area (Å²) in [6.45, 7) is 2.94. The summed E-state index contributed by atoms with van der Waals surface area (Å²) < 4.78 is 33.6. The predicted molar refractivity (Wildman–Crippen MR) is 174 cm³/mol. The van der Waals surface area contributed by atoms with Crippen molar-refractivity contribution in [2.24, 2.45) is 0 Å². The summed E-state index contributed by atoms with van der Waals surface area (Å²) >= 11 is 6.09. The number of anilines is 1. The molecule has 6 rings (SSSR count). The molecule has 7 nitrogen and oxygen atoms in total. The summed E-state index contributed by atoms with van der Waals surface area (Å²) in [6.07, 6.45) is 6.62. The number of likely N-dealkylation sites (tertiary alicyclic amines) is 1. The van der Waals surface area contributed by atoms with Crippen LogP contribution in [0, 0.1) is 11.6 Å². The molecule has 2 saturated heterocycles. The summed E-state index contributed by atoms with van der Waals surface area (Å²) in [7, 11) is 0. The highest BCUT2D eigenvalue weighted by molar-refractivity contribution is 6.30. The van der Waals surface area contributed by atoms with Crippen LogP contribution in [-0.4, -0.2) is 42.4 Å². The molecule has 10 heteroatoms. The molecule has 1 atom stereocenters. The fraction of sp³-hybridized carbons (Fsp3) is 0.306. The van der Waals surface area contributed by atoms with Crippen LogP contribution in [0.5, 0.6) is 0 Å². The Balaban J connectivity index is 1.20. The first kappa shape index (κ1) is 31.5. The average molecular weight is 646 g/mol. The van der Waals surface area contributed by atoms with E-state index in [4.69, 9.17) is 16.0 Å². The zero-order valence-corrected chi connectivity index (χ0v) is 26.0. The molecule has 1 N–H and O–H groups in total. The fourth-order valence-electron chi connectivity index (χ4n) is 6.23. The average Bonchev–Trinajstić information content (AvgIpc) is 3.04. The summed E-state index contributed by atoms with van der Waals surface area (Å²) in [5, 5.41) is 3.26. The lowest BCUT2D eigenvalue weighted by Gasteiger charge is -2.34. The molecule has 2 fully saturated rings. The van der Waals surface area contributed by atoms with E-state index in [0.29, 0.717) is 30.5 Å². The minimum absolute atomic E-state index is 0.209. The van der Waals surface area contributed by atoms with E-state index in [1.165, 1.54) is 5.57 Å². The highest BCUT2D eigenvalue weighted by atomic mass is 35.5. The molecule has 238 valence electrons. The molecule has 2 amide bonds. The minimum atomic E-state index is -1.06. The van der Waals surface area contributed by atoms with Crippen molar-refractivity contribution in [2.45, 2.75) is 51.1 Å². The molecule has 4 aromatic rings. The maximum absolute atomic E-state index is 14.4. The van der Waals surface area contributed by atoms with E-state index < -0.39 is 34.6 Å². The van der Waals surface area contributed by atoms with E-state index in [1.54, 1.807) is 12.1 Å². The molecule has 3 heterocycles. The van der Waals surface area contributed by atoms with Gasteiger partial charge in [-0.05, 0) is 67.5 Å². The monoisotopic (exact) mass is 645 g/mol. The number of nitrogens with one attached hydrogen (secondary N) is 1. The van der Waals surface area contributed by atoms with Crippen molar-refractivity contribution in [3.63, 3.8) is 0 Å². The number of para-hydroxylation sites is 1. The third kappa shape index (κ3) is 7.31. The molecular weight excluding hydrogens is 612 g/mol. The highest BCUT2D eigenvalue weighted by Gasteiger charge is 2.24. The number of nitrogens with zero attached hydrogens (tertiary/aromatic N) is 2. The second-order valence-corrected chi connectivity index (χ2v) is 12.3. The van der Waals surface area contributed by atoms with Gasteiger partial charge in [0.25, 0.3) is 5.91 Å². The molecule has 0 radical (unpaired) electrons. The van der Waals surface area contributed by atoms with Crippen LogP contribution in [0.3, 0.4) is 0 Å². The van der Waals surface area contributed by atoms with Crippen LogP contribution in [0.15, 0.2) is 87.6 Å². The molecular formula is C36H34ClF2N3O4. The van der Waals surface area contributed by atoms with Gasteiger partial charge in [-0.3, -0.25) is 14.4 Å². The Morgan fingerprint density at radius 2 is 1.72 bits per heavy atom. The second kappa shape index (κ2) is 13.9. The number of benzene rings is 3. The van der Waals surface area contributed by atoms with E-state index in [9.17, 15) is 23.2 Å². The van der Waals surface area contributed by atoms with Gasteiger partial charge in [-0.25, -0.2) is 8.78 Å². The number of rotatable bonds is 8. The smallest absolute Gasteiger partial charge is 0.287 e. The number of piperidine rings is 2. The van der Waals surface area contributed by atoms with E-state index in [1.807, 2.05) is 35.2 Å². The van der Waals surface area contributed by atoms with Crippen molar-refractivity contribution in [3.05, 3.63) is 122 Å². The van der Waals surface area contributed by atoms with Gasteiger partial charge in [0.2, 0.25) is 5.91 Å². The number of fused-ring (bicyclic) bond motifs is 1. The molecule has 0 saturated carbocycles. The van der Waals surface area contributed by atoms with Gasteiger partial charge in [-0.1, -0.05) is 53.6 Å². The topological polar surface area (TPSA) is 82.9 Å². The summed E-state index contributed by atoms with van der Waals surface area (Å²) in [5.74, 6) is -2.80. The van der Waals surface area contributed by atoms with Crippen LogP contribution in [0.4, 0.5) is 14.5 Å². The molecule has 2 aliphatic rings. The van der Waals surface area contributed by atoms with Crippen LogP contribution in [0.25, 0.3) is 11.0 Å². The lowest BCUT2D eigenvalue weighted by Crippen LogP contribution is -2.37. The van der Waals surface area contributed by atoms with Gasteiger partial charge < -0.3 is 19.5 Å². The summed E-state index contributed by atoms with van der Waals surface area (Å²) in [5.41, 5.74) is 3.18. The molecule has 46 heavy (non-hydrogen) atoms. The minimum Gasteiger partial charge on any atom is -0.448 e. The van der Waals surface area contributed by atoms with Crippen molar-refractivity contribution >= 4 is 40.1 Å². The van der Waals surface area contributed by atoms with Gasteiger partial charge in [0.05, 0.1) is 11.4 Å². The first-order valence-electron chi connectivity index (χ1n) is 15.5. The van der Waals surface area contributed by atoms with Crippen molar-refractivity contribution in [1.82, 2.24) is 10.2 Å². The number of halogens is 3. The first-order valence-corrected chi connectivity index (χ1v) is 15.9. The van der Waals surface area contributed by atoms with E-state index in [-0.39, 0.29) is 17.1 Å². The predicted octanol–water partition coefficient (Wildman–Crippen LogP) is 6.81. The standard InChI is InChI=1S/C36H34ClF2N3O4/c37-26-10-8-23(9-11-26)17-28(40-36(45)33-21-32(43)29-19-27(38)20-30(39)35(29)46-33)18-24-12-15-41(16-13-24)31-6-2-1-5-25(31)22-42-14-4-3-7-34(42)44/h1-2,5-6,8-11,18-21,28H,3-4,7,12-17,22H2,(H,40,45)/t28-/m0/s1. The molecule has 0 spiro atoms. The molecule has 2 aliphatic heterocycles. The van der Waals surface area contributed by atoms with Crippen molar-refractivity contribution in [1.29, 1.82) is 0 Å². The molecule has 1 aromatic heterocycles. The van der Waals surface area contributed by atoms with Gasteiger partial charge >= 0.3 is 0 Å². The highest BCUT2D eigenvalue weighted by Crippen LogP contribution is 2.29. The number of carbonyl (C=O) groups excluding carboxylic acids is 2. The van der Waals surface area contributed by atoms with Crippen LogP contribution in [0.1, 0.15) is 53.8 Å². The van der Waals surface area contributed by atoms with Crippen molar-refractivity contribution < 1.29 is 22.8 Å². The number of hydrogen-bond acceptors (Lipinski definition) is 5. The Bertz CT molecular complexity index is 1850.